The van der Waals surface area contributed by atoms with Crippen LogP contribution in [-0.2, 0) is 0 Å². The van der Waals surface area contributed by atoms with Crippen LogP contribution in [0.1, 0.15) is 18.0 Å². The highest BCUT2D eigenvalue weighted by molar-refractivity contribution is 5.22. The van der Waals surface area contributed by atoms with Crippen molar-refractivity contribution < 1.29 is 8.78 Å². The standard InChI is InChI=1S/C10H9F2N/c1-2-3-10(13)7-4-8(11)6-9(12)5-7/h1,4-6,10H,3,13H2. The molecular formula is C10H9F2N. The van der Waals surface area contributed by atoms with Gasteiger partial charge >= 0.3 is 0 Å². The molecule has 13 heavy (non-hydrogen) atoms. The predicted octanol–water partition coefficient (Wildman–Crippen LogP) is 1.99. The Balaban J connectivity index is 2.95. The molecule has 1 aromatic carbocycles. The van der Waals surface area contributed by atoms with Crippen molar-refractivity contribution in [2.24, 2.45) is 5.73 Å². The number of hydrogen-bond acceptors (Lipinski definition) is 1. The second-order valence-electron chi connectivity index (χ2n) is 2.72. The van der Waals surface area contributed by atoms with Crippen molar-refractivity contribution in [3.05, 3.63) is 35.4 Å². The van der Waals surface area contributed by atoms with Gasteiger partial charge in [-0.2, -0.15) is 0 Å². The van der Waals surface area contributed by atoms with Crippen molar-refractivity contribution in [1.29, 1.82) is 0 Å². The maximum absolute atomic E-state index is 12.7. The van der Waals surface area contributed by atoms with Gasteiger partial charge in [-0.1, -0.05) is 0 Å². The van der Waals surface area contributed by atoms with Gasteiger partial charge in [0.05, 0.1) is 0 Å². The Kier molecular flexibility index (Phi) is 2.99. The molecular weight excluding hydrogens is 172 g/mol. The molecule has 0 radical (unpaired) electrons. The molecule has 0 aromatic heterocycles. The molecule has 1 atom stereocenters. The second-order valence-corrected chi connectivity index (χ2v) is 2.72. The summed E-state index contributed by atoms with van der Waals surface area (Å²) in [7, 11) is 0. The molecule has 1 unspecified atom stereocenters. The van der Waals surface area contributed by atoms with Crippen molar-refractivity contribution in [3.63, 3.8) is 0 Å². The summed E-state index contributed by atoms with van der Waals surface area (Å²) in [5.41, 5.74) is 5.95. The van der Waals surface area contributed by atoms with Gasteiger partial charge in [0.25, 0.3) is 0 Å². The van der Waals surface area contributed by atoms with Crippen LogP contribution in [0, 0.1) is 24.0 Å². The van der Waals surface area contributed by atoms with Gasteiger partial charge in [-0.05, 0) is 17.7 Å². The monoisotopic (exact) mass is 181 g/mol. The first-order valence-corrected chi connectivity index (χ1v) is 3.78. The third-order valence-corrected chi connectivity index (χ3v) is 1.65. The molecule has 2 N–H and O–H groups in total. The van der Waals surface area contributed by atoms with Gasteiger partial charge < -0.3 is 5.73 Å². The molecule has 0 aliphatic rings. The molecule has 0 aliphatic carbocycles. The van der Waals surface area contributed by atoms with E-state index in [0.717, 1.165) is 6.07 Å². The molecule has 0 heterocycles. The molecule has 0 spiro atoms. The fourth-order valence-corrected chi connectivity index (χ4v) is 1.03. The summed E-state index contributed by atoms with van der Waals surface area (Å²) in [6.45, 7) is 0. The lowest BCUT2D eigenvalue weighted by Gasteiger charge is -2.08. The second kappa shape index (κ2) is 4.01. The van der Waals surface area contributed by atoms with E-state index in [4.69, 9.17) is 12.2 Å². The van der Waals surface area contributed by atoms with Gasteiger partial charge in [-0.3, -0.25) is 0 Å². The highest BCUT2D eigenvalue weighted by Gasteiger charge is 2.07. The number of nitrogens with two attached hydrogens (primary N) is 1. The molecule has 68 valence electrons. The van der Waals surface area contributed by atoms with Crippen molar-refractivity contribution in [1.82, 2.24) is 0 Å². The van der Waals surface area contributed by atoms with Crippen LogP contribution in [0.4, 0.5) is 8.78 Å². The summed E-state index contributed by atoms with van der Waals surface area (Å²) < 4.78 is 25.4. The van der Waals surface area contributed by atoms with Crippen LogP contribution in [0.5, 0.6) is 0 Å². The Morgan fingerprint density at radius 1 is 1.31 bits per heavy atom. The van der Waals surface area contributed by atoms with Gasteiger partial charge in [-0.25, -0.2) is 8.78 Å². The Bertz CT molecular complexity index is 321. The maximum Gasteiger partial charge on any atom is 0.126 e. The highest BCUT2D eigenvalue weighted by Crippen LogP contribution is 2.16. The zero-order valence-electron chi connectivity index (χ0n) is 6.93. The largest absolute Gasteiger partial charge is 0.323 e. The van der Waals surface area contributed by atoms with E-state index in [-0.39, 0.29) is 6.42 Å². The Labute approximate surface area is 75.6 Å². The summed E-state index contributed by atoms with van der Waals surface area (Å²) in [6.07, 6.45) is 5.29. The van der Waals surface area contributed by atoms with Crippen LogP contribution in [0.15, 0.2) is 18.2 Å². The van der Waals surface area contributed by atoms with Crippen molar-refractivity contribution in [3.8, 4) is 12.3 Å². The normalized spacial score (nSPS) is 12.2. The van der Waals surface area contributed by atoms with Crippen molar-refractivity contribution in [2.45, 2.75) is 12.5 Å². The van der Waals surface area contributed by atoms with Gasteiger partial charge in [0.1, 0.15) is 11.6 Å². The fourth-order valence-electron chi connectivity index (χ4n) is 1.03. The van der Waals surface area contributed by atoms with E-state index >= 15 is 0 Å². The zero-order valence-corrected chi connectivity index (χ0v) is 6.93. The molecule has 1 nitrogen and oxygen atoms in total. The first-order chi connectivity index (χ1) is 6.13. The first-order valence-electron chi connectivity index (χ1n) is 3.78. The van der Waals surface area contributed by atoms with Gasteiger partial charge in [-0.15, -0.1) is 12.3 Å². The predicted molar refractivity (Wildman–Crippen MR) is 46.7 cm³/mol. The van der Waals surface area contributed by atoms with E-state index in [0.29, 0.717) is 5.56 Å². The number of terminal acetylenes is 1. The summed E-state index contributed by atoms with van der Waals surface area (Å²) in [6, 6.07) is 2.66. The smallest absolute Gasteiger partial charge is 0.126 e. The topological polar surface area (TPSA) is 26.0 Å². The molecule has 0 aliphatic heterocycles. The Morgan fingerprint density at radius 2 is 1.85 bits per heavy atom. The lowest BCUT2D eigenvalue weighted by molar-refractivity contribution is 0.574. The lowest BCUT2D eigenvalue weighted by Crippen LogP contribution is -2.09. The minimum absolute atomic E-state index is 0.267. The van der Waals surface area contributed by atoms with E-state index in [2.05, 4.69) is 5.92 Å². The highest BCUT2D eigenvalue weighted by atomic mass is 19.1. The lowest BCUT2D eigenvalue weighted by atomic mass is 10.1. The molecule has 0 bridgehead atoms. The zero-order chi connectivity index (χ0) is 9.84. The van der Waals surface area contributed by atoms with E-state index in [1.807, 2.05) is 0 Å². The van der Waals surface area contributed by atoms with Crippen LogP contribution in [-0.4, -0.2) is 0 Å². The van der Waals surface area contributed by atoms with Gasteiger partial charge in [0, 0.05) is 18.5 Å². The van der Waals surface area contributed by atoms with E-state index in [9.17, 15) is 8.78 Å². The van der Waals surface area contributed by atoms with Crippen LogP contribution < -0.4 is 5.73 Å². The average molecular weight is 181 g/mol. The molecule has 3 heteroatoms. The SMILES string of the molecule is C#CCC(N)c1cc(F)cc(F)c1. The first kappa shape index (κ1) is 9.69. The molecule has 0 saturated heterocycles. The third kappa shape index (κ3) is 2.53. The molecule has 0 saturated carbocycles. The van der Waals surface area contributed by atoms with E-state index in [1.165, 1.54) is 12.1 Å². The van der Waals surface area contributed by atoms with Gasteiger partial charge in [0.15, 0.2) is 0 Å². The molecule has 1 aromatic rings. The maximum atomic E-state index is 12.7. The summed E-state index contributed by atoms with van der Waals surface area (Å²) in [5.74, 6) is 1.06. The third-order valence-electron chi connectivity index (χ3n) is 1.65. The molecule has 0 fully saturated rings. The van der Waals surface area contributed by atoms with E-state index in [1.54, 1.807) is 0 Å². The van der Waals surface area contributed by atoms with Crippen LogP contribution in [0.25, 0.3) is 0 Å². The van der Waals surface area contributed by atoms with Gasteiger partial charge in [0.2, 0.25) is 0 Å². The summed E-state index contributed by atoms with van der Waals surface area (Å²) >= 11 is 0. The van der Waals surface area contributed by atoms with Crippen LogP contribution in [0.3, 0.4) is 0 Å². The summed E-state index contributed by atoms with van der Waals surface area (Å²) in [5, 5.41) is 0. The quantitative estimate of drug-likeness (QED) is 0.694. The van der Waals surface area contributed by atoms with Crippen LogP contribution in [0.2, 0.25) is 0 Å². The number of hydrogen-bond donors (Lipinski definition) is 1. The minimum Gasteiger partial charge on any atom is -0.323 e. The number of benzene rings is 1. The average Bonchev–Trinajstić information content (AvgIpc) is 2.03. The fraction of sp³-hybridized carbons (Fsp3) is 0.200. The van der Waals surface area contributed by atoms with Crippen molar-refractivity contribution in [2.75, 3.05) is 0 Å². The van der Waals surface area contributed by atoms with Crippen LogP contribution >= 0.6 is 0 Å². The number of halogens is 2. The van der Waals surface area contributed by atoms with Crippen molar-refractivity contribution >= 4 is 0 Å². The number of rotatable bonds is 2. The minimum atomic E-state index is -0.637. The van der Waals surface area contributed by atoms with E-state index < -0.39 is 17.7 Å². The Hall–Kier alpha value is -1.40. The summed E-state index contributed by atoms with van der Waals surface area (Å²) in [4.78, 5) is 0. The Morgan fingerprint density at radius 3 is 2.31 bits per heavy atom. The molecule has 1 rings (SSSR count). The molecule has 0 amide bonds.